The Morgan fingerprint density at radius 2 is 1.64 bits per heavy atom. The Balaban J connectivity index is 1.58. The van der Waals surface area contributed by atoms with Gasteiger partial charge in [-0.3, -0.25) is 4.79 Å². The number of benzene rings is 2. The topological polar surface area (TPSA) is 51.5 Å². The van der Waals surface area contributed by atoms with Crippen LogP contribution in [0.1, 0.15) is 27.4 Å². The first-order valence-electron chi connectivity index (χ1n) is 7.89. The molecule has 1 heterocycles. The number of amides is 1. The minimum atomic E-state index is -0.304. The zero-order chi connectivity index (χ0) is 17.8. The fourth-order valence-electron chi connectivity index (χ4n) is 2.45. The molecule has 0 saturated heterocycles. The third kappa shape index (κ3) is 4.26. The molecule has 2 aromatic carbocycles. The van der Waals surface area contributed by atoms with Gasteiger partial charge in [0.25, 0.3) is 5.91 Å². The number of nitrogens with one attached hydrogen (secondary N) is 1. The number of halogens is 1. The van der Waals surface area contributed by atoms with Crippen LogP contribution in [-0.2, 0) is 6.54 Å². The number of aryl methyl sites for hydroxylation is 2. The van der Waals surface area contributed by atoms with Gasteiger partial charge >= 0.3 is 0 Å². The van der Waals surface area contributed by atoms with Crippen LogP contribution in [0.2, 0.25) is 0 Å². The molecule has 0 bridgehead atoms. The largest absolute Gasteiger partial charge is 0.466 e. The Morgan fingerprint density at radius 1 is 1.04 bits per heavy atom. The molecule has 1 aromatic heterocycles. The van der Waals surface area contributed by atoms with Gasteiger partial charge in [-0.05, 0) is 61.9 Å². The number of carbonyl (C=O) groups is 1. The second kappa shape index (κ2) is 7.21. The van der Waals surface area contributed by atoms with Crippen molar-refractivity contribution in [1.29, 1.82) is 0 Å². The smallest absolute Gasteiger partial charge is 0.255 e. The van der Waals surface area contributed by atoms with Crippen LogP contribution in [-0.4, -0.2) is 5.91 Å². The van der Waals surface area contributed by atoms with Crippen molar-refractivity contribution < 1.29 is 18.3 Å². The maximum absolute atomic E-state index is 12.9. The zero-order valence-electron chi connectivity index (χ0n) is 14.0. The van der Waals surface area contributed by atoms with Gasteiger partial charge in [0.05, 0.1) is 5.56 Å². The highest BCUT2D eigenvalue weighted by Crippen LogP contribution is 2.22. The third-order valence-electron chi connectivity index (χ3n) is 3.71. The summed E-state index contributed by atoms with van der Waals surface area (Å²) in [7, 11) is 0. The van der Waals surface area contributed by atoms with Crippen LogP contribution in [0.25, 0.3) is 0 Å². The lowest BCUT2D eigenvalue weighted by Gasteiger charge is -2.08. The Kier molecular flexibility index (Phi) is 4.84. The van der Waals surface area contributed by atoms with E-state index in [9.17, 15) is 9.18 Å². The van der Waals surface area contributed by atoms with E-state index in [0.29, 0.717) is 35.1 Å². The molecule has 3 aromatic rings. The Hall–Kier alpha value is -3.08. The summed E-state index contributed by atoms with van der Waals surface area (Å²) >= 11 is 0. The predicted octanol–water partition coefficient (Wildman–Crippen LogP) is 4.76. The van der Waals surface area contributed by atoms with Crippen molar-refractivity contribution in [3.05, 3.63) is 83.1 Å². The van der Waals surface area contributed by atoms with E-state index in [-0.39, 0.29) is 11.7 Å². The van der Waals surface area contributed by atoms with Crippen molar-refractivity contribution in [3.63, 3.8) is 0 Å². The summed E-state index contributed by atoms with van der Waals surface area (Å²) in [6, 6.07) is 14.9. The molecule has 0 aliphatic heterocycles. The maximum atomic E-state index is 12.9. The SMILES string of the molecule is Cc1cc(C(=O)NCc2ccc(Oc3ccc(F)cc3)cc2)c(C)o1. The highest BCUT2D eigenvalue weighted by atomic mass is 19.1. The normalized spacial score (nSPS) is 10.5. The van der Waals surface area contributed by atoms with Crippen LogP contribution in [0, 0.1) is 19.7 Å². The highest BCUT2D eigenvalue weighted by molar-refractivity contribution is 5.95. The second-order valence-electron chi connectivity index (χ2n) is 5.71. The molecule has 4 nitrogen and oxygen atoms in total. The molecule has 0 spiro atoms. The Morgan fingerprint density at radius 3 is 2.20 bits per heavy atom. The minimum absolute atomic E-state index is 0.166. The van der Waals surface area contributed by atoms with Crippen molar-refractivity contribution in [2.24, 2.45) is 0 Å². The van der Waals surface area contributed by atoms with Crippen LogP contribution >= 0.6 is 0 Å². The van der Waals surface area contributed by atoms with Gasteiger partial charge in [0.15, 0.2) is 0 Å². The lowest BCUT2D eigenvalue weighted by molar-refractivity contribution is 0.0949. The number of carbonyl (C=O) groups excluding carboxylic acids is 1. The first-order valence-corrected chi connectivity index (χ1v) is 7.89. The average molecular weight is 339 g/mol. The van der Waals surface area contributed by atoms with E-state index >= 15 is 0 Å². The van der Waals surface area contributed by atoms with E-state index in [0.717, 1.165) is 5.56 Å². The Bertz CT molecular complexity index is 867. The van der Waals surface area contributed by atoms with Crippen molar-refractivity contribution in [1.82, 2.24) is 5.32 Å². The fourth-order valence-corrected chi connectivity index (χ4v) is 2.45. The van der Waals surface area contributed by atoms with E-state index in [1.165, 1.54) is 12.1 Å². The van der Waals surface area contributed by atoms with Crippen molar-refractivity contribution in [2.75, 3.05) is 0 Å². The molecule has 0 saturated carbocycles. The van der Waals surface area contributed by atoms with E-state index in [4.69, 9.17) is 9.15 Å². The van der Waals surface area contributed by atoms with Crippen LogP contribution in [0.4, 0.5) is 4.39 Å². The van der Waals surface area contributed by atoms with E-state index < -0.39 is 0 Å². The molecule has 0 unspecified atom stereocenters. The molecule has 0 atom stereocenters. The number of furan rings is 1. The van der Waals surface area contributed by atoms with E-state index in [1.54, 1.807) is 37.3 Å². The van der Waals surface area contributed by atoms with E-state index in [1.807, 2.05) is 19.1 Å². The summed E-state index contributed by atoms with van der Waals surface area (Å²) in [6.07, 6.45) is 0. The van der Waals surface area contributed by atoms with Crippen LogP contribution in [0.3, 0.4) is 0 Å². The fraction of sp³-hybridized carbons (Fsp3) is 0.150. The van der Waals surface area contributed by atoms with Gasteiger partial charge in [-0.2, -0.15) is 0 Å². The quantitative estimate of drug-likeness (QED) is 0.729. The van der Waals surface area contributed by atoms with Crippen molar-refractivity contribution >= 4 is 5.91 Å². The van der Waals surface area contributed by atoms with Gasteiger partial charge in [-0.1, -0.05) is 12.1 Å². The van der Waals surface area contributed by atoms with Crippen molar-refractivity contribution in [2.45, 2.75) is 20.4 Å². The van der Waals surface area contributed by atoms with Crippen LogP contribution in [0.5, 0.6) is 11.5 Å². The lowest BCUT2D eigenvalue weighted by atomic mass is 10.2. The first-order chi connectivity index (χ1) is 12.0. The summed E-state index contributed by atoms with van der Waals surface area (Å²) in [5, 5.41) is 2.86. The Labute approximate surface area is 145 Å². The second-order valence-corrected chi connectivity index (χ2v) is 5.71. The molecule has 0 aliphatic rings. The summed E-state index contributed by atoms with van der Waals surface area (Å²) in [5.41, 5.74) is 1.49. The van der Waals surface area contributed by atoms with Gasteiger partial charge in [0.1, 0.15) is 28.8 Å². The van der Waals surface area contributed by atoms with Crippen LogP contribution in [0.15, 0.2) is 59.0 Å². The molecule has 3 rings (SSSR count). The number of rotatable bonds is 5. The molecule has 1 N–H and O–H groups in total. The standard InChI is InChI=1S/C20H18FNO3/c1-13-11-19(14(2)24-13)20(23)22-12-15-3-7-17(8-4-15)25-18-9-5-16(21)6-10-18/h3-11H,12H2,1-2H3,(H,22,23). The molecule has 0 fully saturated rings. The molecular weight excluding hydrogens is 321 g/mol. The number of hydrogen-bond acceptors (Lipinski definition) is 3. The molecular formula is C20H18FNO3. The predicted molar refractivity (Wildman–Crippen MR) is 92.3 cm³/mol. The van der Waals surface area contributed by atoms with Gasteiger partial charge in [0.2, 0.25) is 0 Å². The molecule has 128 valence electrons. The van der Waals surface area contributed by atoms with E-state index in [2.05, 4.69) is 5.32 Å². The first kappa shape index (κ1) is 16.8. The number of hydrogen-bond donors (Lipinski definition) is 1. The average Bonchev–Trinajstić information content (AvgIpc) is 2.94. The van der Waals surface area contributed by atoms with Gasteiger partial charge in [0, 0.05) is 6.54 Å². The number of ether oxygens (including phenoxy) is 1. The summed E-state index contributed by atoms with van der Waals surface area (Å²) in [6.45, 7) is 3.98. The van der Waals surface area contributed by atoms with Gasteiger partial charge < -0.3 is 14.5 Å². The van der Waals surface area contributed by atoms with Gasteiger partial charge in [-0.25, -0.2) is 4.39 Å². The molecule has 0 aliphatic carbocycles. The summed E-state index contributed by atoms with van der Waals surface area (Å²) < 4.78 is 23.9. The molecule has 25 heavy (non-hydrogen) atoms. The molecule has 1 amide bonds. The third-order valence-corrected chi connectivity index (χ3v) is 3.71. The summed E-state index contributed by atoms with van der Waals surface area (Å²) in [4.78, 5) is 12.2. The van der Waals surface area contributed by atoms with Crippen LogP contribution < -0.4 is 10.1 Å². The molecule has 5 heteroatoms. The van der Waals surface area contributed by atoms with Gasteiger partial charge in [-0.15, -0.1) is 0 Å². The molecule has 0 radical (unpaired) electrons. The summed E-state index contributed by atoms with van der Waals surface area (Å²) in [5.74, 6) is 2.06. The highest BCUT2D eigenvalue weighted by Gasteiger charge is 2.12. The lowest BCUT2D eigenvalue weighted by Crippen LogP contribution is -2.22. The zero-order valence-corrected chi connectivity index (χ0v) is 14.0. The maximum Gasteiger partial charge on any atom is 0.255 e. The monoisotopic (exact) mass is 339 g/mol. The minimum Gasteiger partial charge on any atom is -0.466 e. The van der Waals surface area contributed by atoms with Crippen molar-refractivity contribution in [3.8, 4) is 11.5 Å².